The first-order valence-corrected chi connectivity index (χ1v) is 4.73. The van der Waals surface area contributed by atoms with Crippen LogP contribution in [0.3, 0.4) is 0 Å². The normalized spacial score (nSPS) is 12.9. The maximum atomic E-state index is 12.6. The lowest BCUT2D eigenvalue weighted by atomic mass is 9.85. The Kier molecular flexibility index (Phi) is 2.83. The van der Waals surface area contributed by atoms with E-state index in [1.165, 1.54) is 6.07 Å². The van der Waals surface area contributed by atoms with Crippen LogP contribution in [0.1, 0.15) is 31.9 Å². The van der Waals surface area contributed by atoms with Gasteiger partial charge in [-0.1, -0.05) is 20.8 Å². The Hall–Kier alpha value is -1.39. The molecular weight excluding hydrogens is 219 g/mol. The van der Waals surface area contributed by atoms with Gasteiger partial charge in [-0.25, -0.2) is 0 Å². The number of nitrogens with two attached hydrogens (primary N) is 1. The third-order valence-electron chi connectivity index (χ3n) is 2.31. The quantitative estimate of drug-likeness (QED) is 0.533. The van der Waals surface area contributed by atoms with Crippen LogP contribution in [0, 0.1) is 0 Å². The van der Waals surface area contributed by atoms with E-state index < -0.39 is 22.9 Å². The summed E-state index contributed by atoms with van der Waals surface area (Å²) in [6, 6.07) is 2.30. The van der Waals surface area contributed by atoms with E-state index in [1.54, 1.807) is 20.8 Å². The molecule has 1 aromatic carbocycles. The highest BCUT2D eigenvalue weighted by Crippen LogP contribution is 2.41. The number of aromatic hydroxyl groups is 1. The zero-order valence-electron chi connectivity index (χ0n) is 9.31. The maximum Gasteiger partial charge on any atom is 0.420 e. The number of halogens is 3. The minimum atomic E-state index is -4.60. The van der Waals surface area contributed by atoms with Gasteiger partial charge in [0.25, 0.3) is 0 Å². The lowest BCUT2D eigenvalue weighted by Gasteiger charge is -2.22. The molecule has 0 heterocycles. The SMILES string of the molecule is CC(C)(C)c1cc(N)c(O)c(C(F)(F)F)c1. The predicted octanol–water partition coefficient (Wildman–Crippen LogP) is 3.29. The van der Waals surface area contributed by atoms with E-state index >= 15 is 0 Å². The molecule has 0 radical (unpaired) electrons. The van der Waals surface area contributed by atoms with Crippen molar-refractivity contribution in [1.29, 1.82) is 0 Å². The van der Waals surface area contributed by atoms with Crippen LogP contribution in [0.2, 0.25) is 0 Å². The molecule has 1 rings (SSSR count). The van der Waals surface area contributed by atoms with Crippen molar-refractivity contribution in [2.45, 2.75) is 32.4 Å². The van der Waals surface area contributed by atoms with E-state index in [-0.39, 0.29) is 5.69 Å². The Labute approximate surface area is 91.9 Å². The number of nitrogen functional groups attached to an aromatic ring is 1. The number of benzene rings is 1. The van der Waals surface area contributed by atoms with Gasteiger partial charge in [0.1, 0.15) is 0 Å². The zero-order chi connectivity index (χ0) is 12.7. The highest BCUT2D eigenvalue weighted by Gasteiger charge is 2.36. The summed E-state index contributed by atoms with van der Waals surface area (Å²) in [4.78, 5) is 0. The van der Waals surface area contributed by atoms with E-state index in [9.17, 15) is 18.3 Å². The van der Waals surface area contributed by atoms with Crippen molar-refractivity contribution in [2.24, 2.45) is 0 Å². The molecule has 0 saturated carbocycles. The molecule has 0 bridgehead atoms. The molecule has 0 fully saturated rings. The van der Waals surface area contributed by atoms with Crippen LogP contribution in [0.25, 0.3) is 0 Å². The van der Waals surface area contributed by atoms with Crippen molar-refractivity contribution in [3.63, 3.8) is 0 Å². The fourth-order valence-corrected chi connectivity index (χ4v) is 1.31. The smallest absolute Gasteiger partial charge is 0.420 e. The largest absolute Gasteiger partial charge is 0.505 e. The maximum absolute atomic E-state index is 12.6. The Bertz CT molecular complexity index is 405. The molecule has 5 heteroatoms. The molecule has 0 aliphatic heterocycles. The average Bonchev–Trinajstić information content (AvgIpc) is 2.05. The van der Waals surface area contributed by atoms with Gasteiger partial charge in [-0.3, -0.25) is 0 Å². The van der Waals surface area contributed by atoms with Gasteiger partial charge in [0.15, 0.2) is 5.75 Å². The zero-order valence-corrected chi connectivity index (χ0v) is 9.31. The monoisotopic (exact) mass is 233 g/mol. The van der Waals surface area contributed by atoms with E-state index in [0.717, 1.165) is 6.07 Å². The van der Waals surface area contributed by atoms with Gasteiger partial charge in [0, 0.05) is 0 Å². The minimum Gasteiger partial charge on any atom is -0.505 e. The fraction of sp³-hybridized carbons (Fsp3) is 0.455. The molecule has 0 unspecified atom stereocenters. The van der Waals surface area contributed by atoms with Crippen molar-refractivity contribution in [3.05, 3.63) is 23.3 Å². The molecule has 0 aromatic heterocycles. The van der Waals surface area contributed by atoms with Gasteiger partial charge in [-0.05, 0) is 23.1 Å². The first kappa shape index (κ1) is 12.7. The third kappa shape index (κ3) is 2.40. The summed E-state index contributed by atoms with van der Waals surface area (Å²) in [5.74, 6) is -0.902. The lowest BCUT2D eigenvalue weighted by molar-refractivity contribution is -0.138. The molecule has 16 heavy (non-hydrogen) atoms. The molecule has 2 nitrogen and oxygen atoms in total. The predicted molar refractivity (Wildman–Crippen MR) is 56.2 cm³/mol. The summed E-state index contributed by atoms with van der Waals surface area (Å²) in [6.45, 7) is 5.33. The van der Waals surface area contributed by atoms with Crippen LogP contribution >= 0.6 is 0 Å². The average molecular weight is 233 g/mol. The van der Waals surface area contributed by atoms with E-state index in [4.69, 9.17) is 5.73 Å². The fourth-order valence-electron chi connectivity index (χ4n) is 1.31. The summed E-state index contributed by atoms with van der Waals surface area (Å²) < 4.78 is 37.7. The Balaban J connectivity index is 3.46. The standard InChI is InChI=1S/C11H14F3NO/c1-10(2,3)6-4-7(11(12,13)14)9(16)8(15)5-6/h4-5,16H,15H2,1-3H3. The van der Waals surface area contributed by atoms with E-state index in [0.29, 0.717) is 5.56 Å². The minimum absolute atomic E-state index is 0.250. The molecule has 0 amide bonds. The van der Waals surface area contributed by atoms with Gasteiger partial charge >= 0.3 is 6.18 Å². The van der Waals surface area contributed by atoms with Crippen molar-refractivity contribution in [3.8, 4) is 5.75 Å². The second-order valence-corrected chi connectivity index (χ2v) is 4.71. The number of hydrogen-bond donors (Lipinski definition) is 2. The van der Waals surface area contributed by atoms with Gasteiger partial charge < -0.3 is 10.8 Å². The van der Waals surface area contributed by atoms with E-state index in [1.807, 2.05) is 0 Å². The summed E-state index contributed by atoms with van der Waals surface area (Å²) in [6.07, 6.45) is -4.60. The van der Waals surface area contributed by atoms with Gasteiger partial charge in [-0.2, -0.15) is 13.2 Å². The molecule has 90 valence electrons. The Morgan fingerprint density at radius 3 is 2.00 bits per heavy atom. The number of phenolic OH excluding ortho intramolecular Hbond substituents is 1. The van der Waals surface area contributed by atoms with Crippen LogP contribution in [-0.2, 0) is 11.6 Å². The highest BCUT2D eigenvalue weighted by molar-refractivity contribution is 5.59. The second-order valence-electron chi connectivity index (χ2n) is 4.71. The molecule has 3 N–H and O–H groups in total. The van der Waals surface area contributed by atoms with E-state index in [2.05, 4.69) is 0 Å². The number of rotatable bonds is 0. The summed E-state index contributed by atoms with van der Waals surface area (Å²) in [5, 5.41) is 9.28. The van der Waals surface area contributed by atoms with Gasteiger partial charge in [0.2, 0.25) is 0 Å². The molecule has 0 spiro atoms. The third-order valence-corrected chi connectivity index (χ3v) is 2.31. The number of hydrogen-bond acceptors (Lipinski definition) is 2. The van der Waals surface area contributed by atoms with Crippen molar-refractivity contribution < 1.29 is 18.3 Å². The van der Waals surface area contributed by atoms with Gasteiger partial charge in [0.05, 0.1) is 11.3 Å². The van der Waals surface area contributed by atoms with Crippen LogP contribution in [0.15, 0.2) is 12.1 Å². The van der Waals surface area contributed by atoms with Crippen LogP contribution in [-0.4, -0.2) is 5.11 Å². The highest BCUT2D eigenvalue weighted by atomic mass is 19.4. The second kappa shape index (κ2) is 3.57. The van der Waals surface area contributed by atoms with Crippen LogP contribution in [0.5, 0.6) is 5.75 Å². The van der Waals surface area contributed by atoms with Crippen LogP contribution < -0.4 is 5.73 Å². The van der Waals surface area contributed by atoms with Crippen molar-refractivity contribution in [1.82, 2.24) is 0 Å². The summed E-state index contributed by atoms with van der Waals surface area (Å²) >= 11 is 0. The summed E-state index contributed by atoms with van der Waals surface area (Å²) in [7, 11) is 0. The lowest BCUT2D eigenvalue weighted by Crippen LogP contribution is -2.15. The first-order chi connectivity index (χ1) is 7.03. The molecule has 0 aliphatic carbocycles. The van der Waals surface area contributed by atoms with Crippen molar-refractivity contribution >= 4 is 5.69 Å². The molecule has 0 saturated heterocycles. The number of phenols is 1. The Morgan fingerprint density at radius 1 is 1.12 bits per heavy atom. The molecular formula is C11H14F3NO. The van der Waals surface area contributed by atoms with Crippen molar-refractivity contribution in [2.75, 3.05) is 5.73 Å². The van der Waals surface area contributed by atoms with Crippen LogP contribution in [0.4, 0.5) is 18.9 Å². The van der Waals surface area contributed by atoms with Gasteiger partial charge in [-0.15, -0.1) is 0 Å². The summed E-state index contributed by atoms with van der Waals surface area (Å²) in [5.41, 5.74) is 4.01. The molecule has 1 aromatic rings. The Morgan fingerprint density at radius 2 is 1.62 bits per heavy atom. The number of alkyl halides is 3. The topological polar surface area (TPSA) is 46.2 Å². The molecule has 0 atom stereocenters. The number of anilines is 1. The molecule has 0 aliphatic rings. The first-order valence-electron chi connectivity index (χ1n) is 4.73.